The summed E-state index contributed by atoms with van der Waals surface area (Å²) in [7, 11) is 0. The molecule has 0 aliphatic heterocycles. The number of likely N-dealkylation sites (N-methyl/N-ethyl adjacent to an activating group) is 1. The number of H-pyrrole nitrogens is 1. The number of fused-ring (bicyclic) bond motifs is 1. The van der Waals surface area contributed by atoms with Crippen LogP contribution in [0.3, 0.4) is 0 Å². The second-order valence-corrected chi connectivity index (χ2v) is 4.48. The smallest absolute Gasteiger partial charge is 0.244 e. The Morgan fingerprint density at radius 2 is 2.05 bits per heavy atom. The maximum Gasteiger partial charge on any atom is 0.244 e. The quantitative estimate of drug-likeness (QED) is 0.866. The molecule has 19 heavy (non-hydrogen) atoms. The van der Waals surface area contributed by atoms with Crippen LogP contribution in [0.15, 0.2) is 24.3 Å². The number of amides is 1. The Kier molecular flexibility index (Phi) is 4.04. The minimum atomic E-state index is -0.291. The van der Waals surface area contributed by atoms with E-state index in [0.29, 0.717) is 5.95 Å². The Bertz CT molecular complexity index is 526. The number of nitrogens with zero attached hydrogens (tertiary/aromatic N) is 2. The zero-order chi connectivity index (χ0) is 13.8. The minimum absolute atomic E-state index is 0.0884. The molecule has 102 valence electrons. The van der Waals surface area contributed by atoms with Gasteiger partial charge in [-0.3, -0.25) is 4.79 Å². The Morgan fingerprint density at radius 3 is 2.68 bits per heavy atom. The number of aromatic amines is 1. The van der Waals surface area contributed by atoms with Gasteiger partial charge in [0.05, 0.1) is 11.0 Å². The molecule has 0 fully saturated rings. The van der Waals surface area contributed by atoms with E-state index in [9.17, 15) is 4.79 Å². The molecule has 1 aromatic carbocycles. The van der Waals surface area contributed by atoms with Gasteiger partial charge in [-0.05, 0) is 32.9 Å². The van der Waals surface area contributed by atoms with E-state index in [0.717, 1.165) is 24.1 Å². The second-order valence-electron chi connectivity index (χ2n) is 4.48. The number of nitrogens with one attached hydrogen (secondary N) is 2. The number of anilines is 1. The summed E-state index contributed by atoms with van der Waals surface area (Å²) in [6.07, 6.45) is 0. The maximum absolute atomic E-state index is 12.1. The van der Waals surface area contributed by atoms with Crippen molar-refractivity contribution in [1.29, 1.82) is 0 Å². The first-order valence-electron chi connectivity index (χ1n) is 6.65. The van der Waals surface area contributed by atoms with Crippen LogP contribution in [0.1, 0.15) is 20.8 Å². The normalized spacial score (nSPS) is 12.4. The lowest BCUT2D eigenvalue weighted by molar-refractivity contribution is -0.131. The number of carbonyl (C=O) groups excluding carboxylic acids is 1. The van der Waals surface area contributed by atoms with Gasteiger partial charge in [0.15, 0.2) is 0 Å². The molecule has 5 heteroatoms. The first kappa shape index (κ1) is 13.4. The highest BCUT2D eigenvalue weighted by atomic mass is 16.2. The van der Waals surface area contributed by atoms with E-state index in [1.807, 2.05) is 45.0 Å². The van der Waals surface area contributed by atoms with Crippen LogP contribution in [0.4, 0.5) is 5.95 Å². The van der Waals surface area contributed by atoms with Gasteiger partial charge >= 0.3 is 0 Å². The van der Waals surface area contributed by atoms with Crippen molar-refractivity contribution in [1.82, 2.24) is 14.9 Å². The lowest BCUT2D eigenvalue weighted by atomic mass is 10.3. The number of aromatic nitrogens is 2. The van der Waals surface area contributed by atoms with Crippen molar-refractivity contribution in [2.75, 3.05) is 18.4 Å². The minimum Gasteiger partial charge on any atom is -0.344 e. The van der Waals surface area contributed by atoms with Crippen molar-refractivity contribution >= 4 is 22.9 Å². The molecule has 0 saturated carbocycles. The van der Waals surface area contributed by atoms with Crippen molar-refractivity contribution in [2.24, 2.45) is 0 Å². The summed E-state index contributed by atoms with van der Waals surface area (Å²) in [6.45, 7) is 7.27. The van der Waals surface area contributed by atoms with E-state index in [1.165, 1.54) is 0 Å². The molecule has 0 aliphatic rings. The average Bonchev–Trinajstić information content (AvgIpc) is 2.82. The molecule has 0 saturated heterocycles. The number of hydrogen-bond donors (Lipinski definition) is 2. The van der Waals surface area contributed by atoms with Crippen LogP contribution in [0.5, 0.6) is 0 Å². The fourth-order valence-electron chi connectivity index (χ4n) is 2.10. The molecule has 0 bridgehead atoms. The summed E-state index contributed by atoms with van der Waals surface area (Å²) in [5, 5.41) is 3.12. The molecule has 0 radical (unpaired) electrons. The zero-order valence-electron chi connectivity index (χ0n) is 11.6. The molecule has 2 rings (SSSR count). The van der Waals surface area contributed by atoms with Crippen LogP contribution in [-0.2, 0) is 4.79 Å². The van der Waals surface area contributed by atoms with Crippen molar-refractivity contribution in [3.8, 4) is 0 Å². The highest BCUT2D eigenvalue weighted by Gasteiger charge is 2.18. The predicted molar refractivity (Wildman–Crippen MR) is 77.1 cm³/mol. The van der Waals surface area contributed by atoms with Crippen molar-refractivity contribution < 1.29 is 4.79 Å². The summed E-state index contributed by atoms with van der Waals surface area (Å²) in [5.41, 5.74) is 1.86. The van der Waals surface area contributed by atoms with Gasteiger partial charge in [-0.1, -0.05) is 12.1 Å². The van der Waals surface area contributed by atoms with E-state index < -0.39 is 0 Å². The SMILES string of the molecule is CCN(CC)C(=O)C(C)Nc1nc2ccccc2[nH]1. The summed E-state index contributed by atoms with van der Waals surface area (Å²) >= 11 is 0. The largest absolute Gasteiger partial charge is 0.344 e. The zero-order valence-corrected chi connectivity index (χ0v) is 11.6. The van der Waals surface area contributed by atoms with Gasteiger partial charge in [-0.15, -0.1) is 0 Å². The van der Waals surface area contributed by atoms with E-state index in [1.54, 1.807) is 4.90 Å². The Balaban J connectivity index is 2.09. The number of imidazole rings is 1. The third-order valence-corrected chi connectivity index (χ3v) is 3.19. The van der Waals surface area contributed by atoms with Crippen molar-refractivity contribution in [2.45, 2.75) is 26.8 Å². The fraction of sp³-hybridized carbons (Fsp3) is 0.429. The van der Waals surface area contributed by atoms with Crippen LogP contribution in [0, 0.1) is 0 Å². The second kappa shape index (κ2) is 5.73. The predicted octanol–water partition coefficient (Wildman–Crippen LogP) is 2.23. The topological polar surface area (TPSA) is 61.0 Å². The van der Waals surface area contributed by atoms with Crippen LogP contribution >= 0.6 is 0 Å². The van der Waals surface area contributed by atoms with E-state index in [2.05, 4.69) is 15.3 Å². The molecule has 1 unspecified atom stereocenters. The van der Waals surface area contributed by atoms with Gasteiger partial charge in [0.2, 0.25) is 11.9 Å². The summed E-state index contributed by atoms with van der Waals surface area (Å²) in [4.78, 5) is 21.5. The molecule has 2 aromatic rings. The highest BCUT2D eigenvalue weighted by molar-refractivity contribution is 5.84. The van der Waals surface area contributed by atoms with E-state index >= 15 is 0 Å². The summed E-state index contributed by atoms with van der Waals surface area (Å²) in [5.74, 6) is 0.722. The first-order valence-corrected chi connectivity index (χ1v) is 6.65. The Hall–Kier alpha value is -2.04. The van der Waals surface area contributed by atoms with Crippen molar-refractivity contribution in [3.05, 3.63) is 24.3 Å². The van der Waals surface area contributed by atoms with Crippen LogP contribution < -0.4 is 5.32 Å². The fourth-order valence-corrected chi connectivity index (χ4v) is 2.10. The highest BCUT2D eigenvalue weighted by Crippen LogP contribution is 2.14. The Morgan fingerprint density at radius 1 is 1.37 bits per heavy atom. The van der Waals surface area contributed by atoms with Gasteiger partial charge < -0.3 is 15.2 Å². The molecule has 1 atom stereocenters. The van der Waals surface area contributed by atoms with Gasteiger partial charge in [-0.25, -0.2) is 4.98 Å². The number of rotatable bonds is 5. The molecule has 1 heterocycles. The van der Waals surface area contributed by atoms with Gasteiger partial charge in [0, 0.05) is 13.1 Å². The lowest BCUT2D eigenvalue weighted by Crippen LogP contribution is -2.41. The molecule has 1 amide bonds. The third-order valence-electron chi connectivity index (χ3n) is 3.19. The third kappa shape index (κ3) is 2.86. The Labute approximate surface area is 113 Å². The van der Waals surface area contributed by atoms with E-state index in [4.69, 9.17) is 0 Å². The summed E-state index contributed by atoms with van der Waals surface area (Å²) < 4.78 is 0. The van der Waals surface area contributed by atoms with Crippen LogP contribution in [-0.4, -0.2) is 39.9 Å². The summed E-state index contributed by atoms with van der Waals surface area (Å²) in [6, 6.07) is 7.50. The maximum atomic E-state index is 12.1. The standard InChI is InChI=1S/C14H20N4O/c1-4-18(5-2)13(19)10(3)15-14-16-11-8-6-7-9-12(11)17-14/h6-10H,4-5H2,1-3H3,(H2,15,16,17). The molecule has 2 N–H and O–H groups in total. The lowest BCUT2D eigenvalue weighted by Gasteiger charge is -2.23. The van der Waals surface area contributed by atoms with Gasteiger partial charge in [-0.2, -0.15) is 0 Å². The molecule has 0 aliphatic carbocycles. The average molecular weight is 260 g/mol. The van der Waals surface area contributed by atoms with E-state index in [-0.39, 0.29) is 11.9 Å². The van der Waals surface area contributed by atoms with Crippen LogP contribution in [0.25, 0.3) is 11.0 Å². The number of benzene rings is 1. The number of carbonyl (C=O) groups is 1. The molecule has 1 aromatic heterocycles. The van der Waals surface area contributed by atoms with Crippen molar-refractivity contribution in [3.63, 3.8) is 0 Å². The number of hydrogen-bond acceptors (Lipinski definition) is 3. The molecule has 5 nitrogen and oxygen atoms in total. The molecule has 0 spiro atoms. The monoisotopic (exact) mass is 260 g/mol. The van der Waals surface area contributed by atoms with Crippen LogP contribution in [0.2, 0.25) is 0 Å². The number of para-hydroxylation sites is 2. The van der Waals surface area contributed by atoms with Gasteiger partial charge in [0.1, 0.15) is 6.04 Å². The van der Waals surface area contributed by atoms with Gasteiger partial charge in [0.25, 0.3) is 0 Å². The molecular weight excluding hydrogens is 240 g/mol. The first-order chi connectivity index (χ1) is 9.15. The molecular formula is C14H20N4O.